The summed E-state index contributed by atoms with van der Waals surface area (Å²) >= 11 is 0. The highest BCUT2D eigenvalue weighted by molar-refractivity contribution is 7.92. The molecule has 0 aliphatic carbocycles. The first-order valence-electron chi connectivity index (χ1n) is 14.4. The average Bonchev–Trinajstić information content (AvgIpc) is 3.63. The minimum absolute atomic E-state index is 0.179. The molecule has 46 heavy (non-hydrogen) atoms. The van der Waals surface area contributed by atoms with Gasteiger partial charge in [-0.1, -0.05) is 6.07 Å². The van der Waals surface area contributed by atoms with Crippen molar-refractivity contribution in [3.8, 4) is 45.6 Å². The number of anilines is 1. The molecule has 0 saturated heterocycles. The molecule has 1 amide bonds. The molecular formula is C33H28FN5O6S. The summed E-state index contributed by atoms with van der Waals surface area (Å²) in [6.45, 7) is 2.48. The van der Waals surface area contributed by atoms with Crippen LogP contribution >= 0.6 is 0 Å². The Morgan fingerprint density at radius 3 is 2.67 bits per heavy atom. The molecule has 0 spiro atoms. The van der Waals surface area contributed by atoms with Crippen LogP contribution in [0.2, 0.25) is 0 Å². The number of benzene rings is 2. The molecule has 0 atom stereocenters. The van der Waals surface area contributed by atoms with E-state index in [0.717, 1.165) is 10.6 Å². The number of sulfonamides is 1. The van der Waals surface area contributed by atoms with Gasteiger partial charge in [0.15, 0.2) is 6.73 Å². The zero-order chi connectivity index (χ0) is 32.3. The highest BCUT2D eigenvalue weighted by Gasteiger charge is 2.28. The number of carbonyl (C=O) groups is 1. The van der Waals surface area contributed by atoms with Gasteiger partial charge in [0.25, 0.3) is 5.91 Å². The van der Waals surface area contributed by atoms with Crippen molar-refractivity contribution in [1.29, 1.82) is 0 Å². The van der Waals surface area contributed by atoms with Gasteiger partial charge in [-0.3, -0.25) is 9.10 Å². The summed E-state index contributed by atoms with van der Waals surface area (Å²) in [6, 6.07) is 16.7. The Balaban J connectivity index is 1.47. The number of halogens is 1. The number of ether oxygens (including phenoxy) is 2. The Kier molecular flexibility index (Phi) is 6.93. The maximum absolute atomic E-state index is 14.7. The van der Waals surface area contributed by atoms with Gasteiger partial charge in [0.1, 0.15) is 28.6 Å². The van der Waals surface area contributed by atoms with Crippen molar-refractivity contribution in [2.75, 3.05) is 31.3 Å². The summed E-state index contributed by atoms with van der Waals surface area (Å²) in [5.41, 5.74) is 3.95. The SMILES string of the molecule is CCOc1ccc(-c2oc3cc(N(C)S(C)(=O)=O)c(-c4ccc5c(n4)-c4cc6c(F)cccc6n4CO5)cc3c2C(=O)NC)cn1. The molecule has 11 nitrogen and oxygen atoms in total. The largest absolute Gasteiger partial charge is 0.478 e. The van der Waals surface area contributed by atoms with Crippen molar-refractivity contribution in [2.24, 2.45) is 0 Å². The van der Waals surface area contributed by atoms with Gasteiger partial charge in [-0.15, -0.1) is 0 Å². The Hall–Kier alpha value is -5.43. The first kappa shape index (κ1) is 29.3. The van der Waals surface area contributed by atoms with E-state index in [1.807, 2.05) is 17.6 Å². The van der Waals surface area contributed by atoms with Gasteiger partial charge in [0.05, 0.1) is 41.0 Å². The standard InChI is InChI=1S/C33H28FN5O6S/c1-5-43-29-12-9-18(16-36-29)32-30(33(40)35-2)21-13-20(25(15-28(21)45-32)38(3)46(4,41)42)23-10-11-27-31(37-23)26-14-19-22(34)7-6-8-24(19)39(26)17-44-27/h6-16H,5,17H2,1-4H3,(H,35,40). The van der Waals surface area contributed by atoms with Crippen molar-refractivity contribution >= 4 is 43.5 Å². The molecule has 0 fully saturated rings. The predicted octanol–water partition coefficient (Wildman–Crippen LogP) is 5.82. The third-order valence-corrected chi connectivity index (χ3v) is 9.20. The molecule has 5 heterocycles. The Morgan fingerprint density at radius 1 is 1.13 bits per heavy atom. The topological polar surface area (TPSA) is 129 Å². The van der Waals surface area contributed by atoms with Crippen LogP contribution in [0, 0.1) is 5.82 Å². The molecule has 7 rings (SSSR count). The number of furan rings is 1. The number of hydrogen-bond acceptors (Lipinski definition) is 8. The maximum Gasteiger partial charge on any atom is 0.255 e. The molecule has 13 heteroatoms. The molecule has 0 saturated carbocycles. The summed E-state index contributed by atoms with van der Waals surface area (Å²) in [5.74, 6) is 0.412. The fraction of sp³-hybridized carbons (Fsp3) is 0.182. The van der Waals surface area contributed by atoms with Gasteiger partial charge in [0, 0.05) is 54.3 Å². The van der Waals surface area contributed by atoms with Crippen molar-refractivity contribution in [3.05, 3.63) is 78.2 Å². The molecule has 6 aromatic rings. The minimum atomic E-state index is -3.74. The normalized spacial score (nSPS) is 12.5. The first-order chi connectivity index (χ1) is 22.1. The van der Waals surface area contributed by atoms with E-state index in [4.69, 9.17) is 18.9 Å². The zero-order valence-corrected chi connectivity index (χ0v) is 26.1. The summed E-state index contributed by atoms with van der Waals surface area (Å²) in [4.78, 5) is 22.6. The van der Waals surface area contributed by atoms with Gasteiger partial charge in [-0.25, -0.2) is 22.8 Å². The van der Waals surface area contributed by atoms with Crippen molar-refractivity contribution in [1.82, 2.24) is 19.9 Å². The molecule has 0 unspecified atom stereocenters. The fourth-order valence-electron chi connectivity index (χ4n) is 5.69. The quantitative estimate of drug-likeness (QED) is 0.231. The number of pyridine rings is 2. The van der Waals surface area contributed by atoms with Crippen LogP contribution < -0.4 is 19.1 Å². The van der Waals surface area contributed by atoms with Crippen molar-refractivity contribution in [2.45, 2.75) is 13.7 Å². The van der Waals surface area contributed by atoms with Crippen molar-refractivity contribution in [3.63, 3.8) is 0 Å². The average molecular weight is 642 g/mol. The van der Waals surface area contributed by atoms with E-state index < -0.39 is 15.9 Å². The second-order valence-electron chi connectivity index (χ2n) is 10.7. The smallest absolute Gasteiger partial charge is 0.255 e. The molecule has 4 aromatic heterocycles. The van der Waals surface area contributed by atoms with Crippen LogP contribution in [-0.2, 0) is 16.8 Å². The van der Waals surface area contributed by atoms with E-state index in [1.165, 1.54) is 20.2 Å². The lowest BCUT2D eigenvalue weighted by molar-refractivity contribution is 0.0964. The molecular weight excluding hydrogens is 613 g/mol. The zero-order valence-electron chi connectivity index (χ0n) is 25.3. The van der Waals surface area contributed by atoms with Crippen LogP contribution in [0.1, 0.15) is 17.3 Å². The number of carbonyl (C=O) groups excluding carboxylic acids is 1. The van der Waals surface area contributed by atoms with E-state index in [9.17, 15) is 17.6 Å². The number of nitrogens with one attached hydrogen (secondary N) is 1. The van der Waals surface area contributed by atoms with Gasteiger partial charge >= 0.3 is 0 Å². The molecule has 2 aromatic carbocycles. The fourth-order valence-corrected chi connectivity index (χ4v) is 6.20. The number of fused-ring (bicyclic) bond motifs is 6. The number of rotatable bonds is 7. The summed E-state index contributed by atoms with van der Waals surface area (Å²) in [7, 11) is -0.792. The highest BCUT2D eigenvalue weighted by atomic mass is 32.2. The minimum Gasteiger partial charge on any atom is -0.478 e. The van der Waals surface area contributed by atoms with Crippen LogP contribution in [0.15, 0.2) is 71.3 Å². The summed E-state index contributed by atoms with van der Waals surface area (Å²) in [5, 5.41) is 3.55. The number of nitrogens with zero attached hydrogens (tertiary/aromatic N) is 4. The van der Waals surface area contributed by atoms with Crippen LogP contribution in [-0.4, -0.2) is 55.8 Å². The molecule has 1 aliphatic heterocycles. The predicted molar refractivity (Wildman–Crippen MR) is 172 cm³/mol. The third kappa shape index (κ3) is 4.70. The first-order valence-corrected chi connectivity index (χ1v) is 16.2. The van der Waals surface area contributed by atoms with E-state index in [-0.39, 0.29) is 35.1 Å². The second kappa shape index (κ2) is 10.9. The van der Waals surface area contributed by atoms with E-state index in [0.29, 0.717) is 62.7 Å². The molecule has 234 valence electrons. The molecule has 0 radical (unpaired) electrons. The summed E-state index contributed by atoms with van der Waals surface area (Å²) < 4.78 is 61.1. The Bertz CT molecular complexity index is 2300. The maximum atomic E-state index is 14.7. The number of aromatic nitrogens is 3. The van der Waals surface area contributed by atoms with Gasteiger partial charge in [0.2, 0.25) is 15.9 Å². The van der Waals surface area contributed by atoms with Crippen LogP contribution in [0.5, 0.6) is 11.6 Å². The Morgan fingerprint density at radius 2 is 1.96 bits per heavy atom. The van der Waals surface area contributed by atoms with E-state index >= 15 is 0 Å². The van der Waals surface area contributed by atoms with Gasteiger partial charge < -0.3 is 23.8 Å². The summed E-state index contributed by atoms with van der Waals surface area (Å²) in [6.07, 6.45) is 2.64. The van der Waals surface area contributed by atoms with Crippen LogP contribution in [0.25, 0.3) is 55.8 Å². The lowest BCUT2D eigenvalue weighted by Crippen LogP contribution is -2.25. The highest BCUT2D eigenvalue weighted by Crippen LogP contribution is 2.43. The number of hydrogen-bond donors (Lipinski definition) is 1. The molecule has 0 bridgehead atoms. The lowest BCUT2D eigenvalue weighted by atomic mass is 10.0. The van der Waals surface area contributed by atoms with Crippen LogP contribution in [0.3, 0.4) is 0 Å². The van der Waals surface area contributed by atoms with Gasteiger partial charge in [-0.2, -0.15) is 0 Å². The van der Waals surface area contributed by atoms with Crippen molar-refractivity contribution < 1.29 is 31.5 Å². The van der Waals surface area contributed by atoms with E-state index in [1.54, 1.807) is 54.7 Å². The Labute approximate surface area is 263 Å². The van der Waals surface area contributed by atoms with E-state index in [2.05, 4.69) is 10.3 Å². The van der Waals surface area contributed by atoms with Crippen LogP contribution in [0.4, 0.5) is 10.1 Å². The lowest BCUT2D eigenvalue weighted by Gasteiger charge is -2.23. The van der Waals surface area contributed by atoms with Gasteiger partial charge in [-0.05, 0) is 49.4 Å². The third-order valence-electron chi connectivity index (χ3n) is 8.01. The second-order valence-corrected chi connectivity index (χ2v) is 12.8. The number of amides is 1. The monoisotopic (exact) mass is 641 g/mol. The molecule has 1 aliphatic rings. The molecule has 1 N–H and O–H groups in total.